The molecule has 0 saturated heterocycles. The van der Waals surface area contributed by atoms with Gasteiger partial charge in [0.2, 0.25) is 0 Å². The van der Waals surface area contributed by atoms with E-state index in [0.717, 1.165) is 109 Å². The fourth-order valence-corrected chi connectivity index (χ4v) is 14.9. The van der Waals surface area contributed by atoms with Crippen LogP contribution in [0.2, 0.25) is 0 Å². The van der Waals surface area contributed by atoms with Gasteiger partial charge in [0.15, 0.2) is 12.2 Å². The molecule has 0 aliphatic carbocycles. The zero-order chi connectivity index (χ0) is 76.2. The van der Waals surface area contributed by atoms with Crippen molar-refractivity contribution in [3.8, 4) is 0 Å². The van der Waals surface area contributed by atoms with Crippen LogP contribution < -0.4 is 0 Å². The van der Waals surface area contributed by atoms with Crippen LogP contribution in [0.3, 0.4) is 0 Å². The van der Waals surface area contributed by atoms with Gasteiger partial charge >= 0.3 is 39.5 Å². The van der Waals surface area contributed by atoms with Crippen LogP contribution in [0.25, 0.3) is 0 Å². The highest BCUT2D eigenvalue weighted by atomic mass is 31.2. The lowest BCUT2D eigenvalue weighted by molar-refractivity contribution is -0.161. The molecule has 0 spiro atoms. The molecule has 0 aliphatic rings. The molecule has 0 radical (unpaired) electrons. The van der Waals surface area contributed by atoms with Gasteiger partial charge in [0, 0.05) is 25.7 Å². The molecule has 3 N–H and O–H groups in total. The number of unbranched alkanes of at least 4 members (excludes halogenated alkanes) is 57. The zero-order valence-electron chi connectivity index (χ0n) is 68.2. The summed E-state index contributed by atoms with van der Waals surface area (Å²) in [5.41, 5.74) is 0. The molecule has 0 rings (SSSR count). The molecule has 618 valence electrons. The summed E-state index contributed by atoms with van der Waals surface area (Å²) in [6, 6.07) is 0. The Morgan fingerprint density at radius 3 is 0.654 bits per heavy atom. The van der Waals surface area contributed by atoms with E-state index in [0.29, 0.717) is 25.7 Å². The van der Waals surface area contributed by atoms with Crippen molar-refractivity contribution in [2.75, 3.05) is 39.6 Å². The highest BCUT2D eigenvalue weighted by Gasteiger charge is 2.30. The highest BCUT2D eigenvalue weighted by Crippen LogP contribution is 2.45. The molecule has 19 heteroatoms. The van der Waals surface area contributed by atoms with Gasteiger partial charge < -0.3 is 33.8 Å². The van der Waals surface area contributed by atoms with Crippen LogP contribution in [0.1, 0.15) is 458 Å². The summed E-state index contributed by atoms with van der Waals surface area (Å²) in [5.74, 6) is -1.28. The number of phosphoric ester groups is 2. The van der Waals surface area contributed by atoms with E-state index in [-0.39, 0.29) is 25.7 Å². The maximum absolute atomic E-state index is 13.1. The number of hydrogen-bond acceptors (Lipinski definition) is 15. The monoisotopic (exact) mass is 1520 g/mol. The molecule has 0 aliphatic heterocycles. The second-order valence-electron chi connectivity index (χ2n) is 31.1. The van der Waals surface area contributed by atoms with E-state index in [4.69, 9.17) is 37.0 Å². The predicted octanol–water partition coefficient (Wildman–Crippen LogP) is 26.0. The summed E-state index contributed by atoms with van der Waals surface area (Å²) in [7, 11) is -9.92. The largest absolute Gasteiger partial charge is 0.472 e. The number of carbonyl (C=O) groups is 4. The summed E-state index contributed by atoms with van der Waals surface area (Å²) in [6.07, 6.45) is 71.1. The first-order valence-electron chi connectivity index (χ1n) is 44.1. The van der Waals surface area contributed by atoms with E-state index in [1.54, 1.807) is 0 Å². The molecule has 0 fully saturated rings. The summed E-state index contributed by atoms with van der Waals surface area (Å²) in [5, 5.41) is 10.6. The van der Waals surface area contributed by atoms with Crippen molar-refractivity contribution in [1.82, 2.24) is 0 Å². The number of aliphatic hydroxyl groups is 1. The molecule has 0 aromatic carbocycles. The number of rotatable bonds is 85. The van der Waals surface area contributed by atoms with Crippen LogP contribution in [0.4, 0.5) is 0 Å². The molecule has 17 nitrogen and oxygen atoms in total. The van der Waals surface area contributed by atoms with E-state index >= 15 is 0 Å². The molecule has 104 heavy (non-hydrogen) atoms. The Morgan fingerprint density at radius 2 is 0.442 bits per heavy atom. The van der Waals surface area contributed by atoms with Crippen LogP contribution in [0.5, 0.6) is 0 Å². The fraction of sp³-hybridized carbons (Fsp3) is 0.953. The van der Waals surface area contributed by atoms with E-state index in [1.165, 1.54) is 270 Å². The van der Waals surface area contributed by atoms with Gasteiger partial charge in [-0.3, -0.25) is 37.3 Å². The summed E-state index contributed by atoms with van der Waals surface area (Å²) in [4.78, 5) is 73.0. The maximum atomic E-state index is 13.1. The zero-order valence-corrected chi connectivity index (χ0v) is 70.0. The minimum absolute atomic E-state index is 0.108. The van der Waals surface area contributed by atoms with Gasteiger partial charge in [-0.1, -0.05) is 407 Å². The van der Waals surface area contributed by atoms with E-state index in [1.807, 2.05) is 0 Å². The van der Waals surface area contributed by atoms with Crippen LogP contribution in [-0.4, -0.2) is 96.7 Å². The third kappa shape index (κ3) is 78.2. The summed E-state index contributed by atoms with van der Waals surface area (Å²) in [6.45, 7) is 7.35. The highest BCUT2D eigenvalue weighted by molar-refractivity contribution is 7.47. The minimum Gasteiger partial charge on any atom is -0.462 e. The van der Waals surface area contributed by atoms with E-state index in [9.17, 15) is 43.2 Å². The van der Waals surface area contributed by atoms with E-state index in [2.05, 4.69) is 34.6 Å². The fourth-order valence-electron chi connectivity index (χ4n) is 13.3. The normalized spacial score (nSPS) is 13.8. The average Bonchev–Trinajstić information content (AvgIpc) is 1.03. The molecule has 0 aromatic rings. The topological polar surface area (TPSA) is 237 Å². The van der Waals surface area contributed by atoms with Gasteiger partial charge in [0.1, 0.15) is 19.3 Å². The average molecular weight is 1520 g/mol. The number of carbonyl (C=O) groups excluding carboxylic acids is 4. The Morgan fingerprint density at radius 1 is 0.260 bits per heavy atom. The van der Waals surface area contributed by atoms with Crippen molar-refractivity contribution in [3.05, 3.63) is 0 Å². The molecule has 0 bridgehead atoms. The number of esters is 4. The Bertz CT molecular complexity index is 1980. The van der Waals surface area contributed by atoms with Crippen LogP contribution in [-0.2, 0) is 65.4 Å². The quantitative estimate of drug-likeness (QED) is 0.0222. The molecule has 0 amide bonds. The maximum Gasteiger partial charge on any atom is 0.472 e. The molecule has 2 unspecified atom stereocenters. The van der Waals surface area contributed by atoms with Gasteiger partial charge in [-0.05, 0) is 31.6 Å². The van der Waals surface area contributed by atoms with Gasteiger partial charge in [-0.2, -0.15) is 0 Å². The number of phosphoric acid groups is 2. The Labute approximate surface area is 638 Å². The summed E-state index contributed by atoms with van der Waals surface area (Å²) < 4.78 is 68.7. The van der Waals surface area contributed by atoms with E-state index < -0.39 is 97.5 Å². The van der Waals surface area contributed by atoms with Crippen molar-refractivity contribution in [2.45, 2.75) is 477 Å². The third-order valence-electron chi connectivity index (χ3n) is 20.0. The van der Waals surface area contributed by atoms with Crippen molar-refractivity contribution in [3.63, 3.8) is 0 Å². The molecular formula is C85H166O17P2. The molecular weight excluding hydrogens is 1350 g/mol. The number of hydrogen-bond donors (Lipinski definition) is 3. The van der Waals surface area contributed by atoms with Gasteiger partial charge in [0.25, 0.3) is 0 Å². The Hall–Kier alpha value is -1.94. The Balaban J connectivity index is 5.15. The molecule has 5 atom stereocenters. The van der Waals surface area contributed by atoms with Gasteiger partial charge in [-0.15, -0.1) is 0 Å². The summed E-state index contributed by atoms with van der Waals surface area (Å²) >= 11 is 0. The third-order valence-corrected chi connectivity index (χ3v) is 21.9. The SMILES string of the molecule is CCCCCCCCCCCCCCCCCCCCCCCCC(=O)O[C@H](COC(=O)CCCCCCCCCCCCCCCCCCCCC(C)C)COP(=O)(O)OC[C@@H](O)COP(=O)(O)OC[C@@H](COC(=O)CCCCCCCCC)OC(=O)CCCCCCCCCCCCCCCC. The van der Waals surface area contributed by atoms with Crippen LogP contribution in [0.15, 0.2) is 0 Å². The van der Waals surface area contributed by atoms with Crippen molar-refractivity contribution < 1.29 is 80.2 Å². The minimum atomic E-state index is -4.96. The van der Waals surface area contributed by atoms with Gasteiger partial charge in [-0.25, -0.2) is 9.13 Å². The van der Waals surface area contributed by atoms with Crippen LogP contribution >= 0.6 is 15.6 Å². The number of aliphatic hydroxyl groups excluding tert-OH is 1. The first-order valence-corrected chi connectivity index (χ1v) is 47.1. The van der Waals surface area contributed by atoms with Crippen LogP contribution in [0, 0.1) is 5.92 Å². The molecule has 0 saturated carbocycles. The number of ether oxygens (including phenoxy) is 4. The van der Waals surface area contributed by atoms with Crippen molar-refractivity contribution in [2.24, 2.45) is 5.92 Å². The Kier molecular flexibility index (Phi) is 76.3. The second kappa shape index (κ2) is 77.8. The lowest BCUT2D eigenvalue weighted by Crippen LogP contribution is -2.30. The smallest absolute Gasteiger partial charge is 0.462 e. The predicted molar refractivity (Wildman–Crippen MR) is 428 cm³/mol. The lowest BCUT2D eigenvalue weighted by atomic mass is 10.0. The van der Waals surface area contributed by atoms with Crippen molar-refractivity contribution in [1.29, 1.82) is 0 Å². The van der Waals surface area contributed by atoms with Crippen molar-refractivity contribution >= 4 is 39.5 Å². The first-order chi connectivity index (χ1) is 50.5. The lowest BCUT2D eigenvalue weighted by Gasteiger charge is -2.21. The molecule has 0 aromatic heterocycles. The van der Waals surface area contributed by atoms with Gasteiger partial charge in [0.05, 0.1) is 26.4 Å². The second-order valence-corrected chi connectivity index (χ2v) is 34.0. The standard InChI is InChI=1S/C85H166O17P2/c1-6-9-12-15-18-20-22-24-26-27-28-29-30-31-36-39-43-47-51-56-61-66-71-85(90)102-81(75-96-83(88)69-64-59-54-49-45-42-38-35-33-32-34-37-40-44-48-53-57-62-67-78(4)5)77-100-104(93,94)98-73-79(86)72-97-103(91,92)99-76-80(74-95-82(87)68-63-58-52-17-14-11-8-3)101-84(89)70-65-60-55-50-46-41-25-23-21-19-16-13-10-7-2/h78-81,86H,6-77H2,1-5H3,(H,91,92)(H,93,94)/t79-,80+,81+/m0/s1. The first kappa shape index (κ1) is 102. The molecule has 0 heterocycles.